The van der Waals surface area contributed by atoms with Crippen LogP contribution in [0.4, 0.5) is 5.69 Å². The van der Waals surface area contributed by atoms with E-state index >= 15 is 0 Å². The first-order chi connectivity index (χ1) is 13.8. The van der Waals surface area contributed by atoms with Gasteiger partial charge in [0.1, 0.15) is 0 Å². The third-order valence-corrected chi connectivity index (χ3v) is 6.28. The largest absolute Gasteiger partial charge is 0.411 e. The van der Waals surface area contributed by atoms with Crippen LogP contribution in [0.5, 0.6) is 0 Å². The highest BCUT2D eigenvalue weighted by atomic mass is 32.2. The summed E-state index contributed by atoms with van der Waals surface area (Å²) in [6.45, 7) is 0. The van der Waals surface area contributed by atoms with E-state index in [-0.39, 0.29) is 4.90 Å². The Labute approximate surface area is 170 Å². The molecule has 0 N–H and O–H groups in total. The Morgan fingerprint density at radius 3 is 2.23 bits per heavy atom. The van der Waals surface area contributed by atoms with Gasteiger partial charge in [-0.15, -0.1) is 5.10 Å². The Morgan fingerprint density at radius 2 is 1.77 bits per heavy atom. The summed E-state index contributed by atoms with van der Waals surface area (Å²) in [5.41, 5.74) is -1.36. The summed E-state index contributed by atoms with van der Waals surface area (Å²) in [6.07, 6.45) is 2.62. The van der Waals surface area contributed by atoms with Crippen LogP contribution < -0.4 is 0 Å². The molecule has 0 radical (unpaired) electrons. The molecule has 0 aliphatic heterocycles. The molecule has 1 unspecified atom stereocenters. The second kappa shape index (κ2) is 7.36. The minimum absolute atomic E-state index is 0.382. The van der Waals surface area contributed by atoms with Crippen molar-refractivity contribution in [3.63, 3.8) is 0 Å². The molecule has 160 valence electrons. The number of sulfone groups is 2. The Morgan fingerprint density at radius 1 is 1.13 bits per heavy atom. The number of benzene rings is 1. The van der Waals surface area contributed by atoms with Crippen molar-refractivity contribution >= 4 is 36.9 Å². The first kappa shape index (κ1) is 21.7. The predicted molar refractivity (Wildman–Crippen MR) is 98.4 cm³/mol. The van der Waals surface area contributed by atoms with E-state index in [0.717, 1.165) is 30.7 Å². The summed E-state index contributed by atoms with van der Waals surface area (Å²) >= 11 is 0. The van der Waals surface area contributed by atoms with E-state index in [1.165, 1.54) is 0 Å². The highest BCUT2D eigenvalue weighted by Crippen LogP contribution is 2.38. The standard InChI is InChI=1S/C16H15N3O9S2/c1-29(24,25)9-5-6-10(11(7-9)19(22)23)14(21)12(13(20)8-3-4-8)15-17-18-16(28-15)30(2,26)27/h5-8,12H,3-4H2,1-2H3. The second-order valence-corrected chi connectivity index (χ2v) is 10.8. The number of hydrogen-bond acceptors (Lipinski definition) is 11. The van der Waals surface area contributed by atoms with Crippen LogP contribution in [0.3, 0.4) is 0 Å². The lowest BCUT2D eigenvalue weighted by molar-refractivity contribution is -0.385. The number of hydrogen-bond donors (Lipinski definition) is 0. The molecule has 1 aromatic carbocycles. The topological polar surface area (TPSA) is 184 Å². The third-order valence-electron chi connectivity index (χ3n) is 4.37. The average molecular weight is 457 g/mol. The molecule has 1 saturated carbocycles. The maximum atomic E-state index is 13.1. The Hall–Kier alpha value is -3.00. The molecule has 0 bridgehead atoms. The van der Waals surface area contributed by atoms with Crippen molar-refractivity contribution in [1.29, 1.82) is 0 Å². The molecule has 1 heterocycles. The SMILES string of the molecule is CS(=O)(=O)c1ccc(C(=O)C(C(=O)C2CC2)c2nnc(S(C)(=O)=O)o2)c([N+](=O)[O-])c1. The molecule has 0 spiro atoms. The van der Waals surface area contributed by atoms with E-state index in [1.54, 1.807) is 0 Å². The van der Waals surface area contributed by atoms with Gasteiger partial charge in [0.15, 0.2) is 27.3 Å². The van der Waals surface area contributed by atoms with E-state index in [9.17, 15) is 36.5 Å². The van der Waals surface area contributed by atoms with Gasteiger partial charge in [-0.05, 0) is 25.0 Å². The molecule has 2 aromatic rings. The van der Waals surface area contributed by atoms with Crippen molar-refractivity contribution in [3.8, 4) is 0 Å². The van der Waals surface area contributed by atoms with E-state index in [4.69, 9.17) is 4.42 Å². The van der Waals surface area contributed by atoms with E-state index in [1.807, 2.05) is 0 Å². The fourth-order valence-electron chi connectivity index (χ4n) is 2.71. The number of nitrogens with zero attached hydrogens (tertiary/aromatic N) is 3. The summed E-state index contributed by atoms with van der Waals surface area (Å²) in [5, 5.41) is 17.5. The number of rotatable bonds is 8. The average Bonchev–Trinajstić information content (AvgIpc) is 3.37. The molecular formula is C16H15N3O9S2. The van der Waals surface area contributed by atoms with Gasteiger partial charge in [0, 0.05) is 24.5 Å². The Kier molecular flexibility index (Phi) is 5.32. The molecule has 1 aliphatic rings. The quantitative estimate of drug-likeness (QED) is 0.235. The molecule has 12 nitrogen and oxygen atoms in total. The lowest BCUT2D eigenvalue weighted by atomic mass is 9.90. The summed E-state index contributed by atoms with van der Waals surface area (Å²) in [4.78, 5) is 36.0. The van der Waals surface area contributed by atoms with Crippen LogP contribution in [0.1, 0.15) is 35.0 Å². The van der Waals surface area contributed by atoms with Crippen molar-refractivity contribution in [3.05, 3.63) is 39.8 Å². The molecule has 1 aromatic heterocycles. The molecule has 1 fully saturated rings. The van der Waals surface area contributed by atoms with Crippen LogP contribution in [0.15, 0.2) is 32.7 Å². The van der Waals surface area contributed by atoms with Gasteiger partial charge in [-0.25, -0.2) is 16.8 Å². The van der Waals surface area contributed by atoms with Crippen LogP contribution in [0.25, 0.3) is 0 Å². The zero-order valence-corrected chi connectivity index (χ0v) is 17.3. The highest BCUT2D eigenvalue weighted by Gasteiger charge is 2.44. The van der Waals surface area contributed by atoms with Gasteiger partial charge in [0.05, 0.1) is 15.4 Å². The summed E-state index contributed by atoms with van der Waals surface area (Å²) in [7, 11) is -7.71. The van der Waals surface area contributed by atoms with Crippen molar-refractivity contribution in [2.75, 3.05) is 12.5 Å². The molecule has 0 saturated heterocycles. The van der Waals surface area contributed by atoms with Crippen molar-refractivity contribution in [1.82, 2.24) is 10.2 Å². The van der Waals surface area contributed by atoms with Crippen molar-refractivity contribution in [2.45, 2.75) is 28.9 Å². The van der Waals surface area contributed by atoms with Crippen LogP contribution in [0.2, 0.25) is 0 Å². The Balaban J connectivity index is 2.13. The van der Waals surface area contributed by atoms with Gasteiger partial charge >= 0.3 is 5.22 Å². The van der Waals surface area contributed by atoms with Gasteiger partial charge in [-0.3, -0.25) is 19.7 Å². The molecule has 3 rings (SSSR count). The Bertz CT molecular complexity index is 1270. The van der Waals surface area contributed by atoms with Gasteiger partial charge in [0.25, 0.3) is 5.69 Å². The number of nitro groups is 1. The lowest BCUT2D eigenvalue weighted by Gasteiger charge is -2.11. The number of ketones is 2. The summed E-state index contributed by atoms with van der Waals surface area (Å²) in [5.74, 6) is -4.54. The zero-order chi connectivity index (χ0) is 22.4. The van der Waals surface area contributed by atoms with Crippen LogP contribution in [0, 0.1) is 16.0 Å². The van der Waals surface area contributed by atoms with Gasteiger partial charge < -0.3 is 4.42 Å². The molecule has 0 amide bonds. The minimum atomic E-state index is -3.92. The first-order valence-electron chi connectivity index (χ1n) is 8.40. The number of carbonyl (C=O) groups excluding carboxylic acids is 2. The van der Waals surface area contributed by atoms with Crippen LogP contribution >= 0.6 is 0 Å². The van der Waals surface area contributed by atoms with Crippen molar-refractivity contribution < 1.29 is 35.8 Å². The molecular weight excluding hydrogens is 442 g/mol. The maximum Gasteiger partial charge on any atom is 0.335 e. The number of carbonyl (C=O) groups is 2. The first-order valence-corrected chi connectivity index (χ1v) is 12.2. The maximum absolute atomic E-state index is 13.1. The third kappa shape index (κ3) is 4.28. The number of Topliss-reactive ketones (excluding diaryl/α,β-unsaturated/α-hetero) is 2. The van der Waals surface area contributed by atoms with Gasteiger partial charge in [-0.1, -0.05) is 5.10 Å². The molecule has 30 heavy (non-hydrogen) atoms. The summed E-state index contributed by atoms with van der Waals surface area (Å²) in [6, 6.07) is 2.65. The summed E-state index contributed by atoms with van der Waals surface area (Å²) < 4.78 is 51.6. The van der Waals surface area contributed by atoms with E-state index in [0.29, 0.717) is 12.8 Å². The lowest BCUT2D eigenvalue weighted by Crippen LogP contribution is -2.25. The highest BCUT2D eigenvalue weighted by molar-refractivity contribution is 7.90. The van der Waals surface area contributed by atoms with Gasteiger partial charge in [0.2, 0.25) is 15.7 Å². The van der Waals surface area contributed by atoms with Crippen LogP contribution in [-0.2, 0) is 24.5 Å². The van der Waals surface area contributed by atoms with E-state index < -0.39 is 70.4 Å². The molecule has 1 atom stereocenters. The number of aromatic nitrogens is 2. The fraction of sp³-hybridized carbons (Fsp3) is 0.375. The monoisotopic (exact) mass is 457 g/mol. The van der Waals surface area contributed by atoms with Crippen molar-refractivity contribution in [2.24, 2.45) is 5.92 Å². The minimum Gasteiger partial charge on any atom is -0.411 e. The number of nitro benzene ring substituents is 1. The normalized spacial score (nSPS) is 15.5. The van der Waals surface area contributed by atoms with Gasteiger partial charge in [-0.2, -0.15) is 0 Å². The molecule has 1 aliphatic carbocycles. The predicted octanol–water partition coefficient (Wildman–Crippen LogP) is 0.730. The fourth-order valence-corrected chi connectivity index (χ4v) is 3.78. The van der Waals surface area contributed by atoms with Crippen LogP contribution in [-0.4, -0.2) is 56.0 Å². The smallest absolute Gasteiger partial charge is 0.335 e. The molecule has 14 heteroatoms. The second-order valence-electron chi connectivity index (χ2n) is 6.86. The van der Waals surface area contributed by atoms with E-state index in [2.05, 4.69) is 10.2 Å². The zero-order valence-electron chi connectivity index (χ0n) is 15.6.